The predicted octanol–water partition coefficient (Wildman–Crippen LogP) is 3.49. The minimum Gasteiger partial charge on any atom is -0.192 e. The topological polar surface area (TPSA) is 23.8 Å². The Morgan fingerprint density at radius 1 is 1.46 bits per heavy atom. The van der Waals surface area contributed by atoms with Crippen LogP contribution in [-0.2, 0) is 6.42 Å². The largest absolute Gasteiger partial charge is 0.192 e. The second kappa shape index (κ2) is 5.26. The van der Waals surface area contributed by atoms with Gasteiger partial charge in [-0.25, -0.2) is 0 Å². The summed E-state index contributed by atoms with van der Waals surface area (Å²) >= 11 is 9.00. The number of rotatable bonds is 3. The van der Waals surface area contributed by atoms with E-state index < -0.39 is 0 Å². The van der Waals surface area contributed by atoms with Gasteiger partial charge in [-0.1, -0.05) is 12.1 Å². The number of nitrogens with zero attached hydrogens (tertiary/aromatic N) is 1. The fraction of sp³-hybridized carbons (Fsp3) is 0.300. The minimum atomic E-state index is 0.656. The van der Waals surface area contributed by atoms with Crippen LogP contribution in [0.5, 0.6) is 0 Å². The van der Waals surface area contributed by atoms with Gasteiger partial charge in [-0.15, -0.1) is 11.6 Å². The number of hydrogen-bond donors (Lipinski definition) is 0. The van der Waals surface area contributed by atoms with E-state index in [0.717, 1.165) is 22.9 Å². The SMILES string of the molecule is N#Cc1cccc(CCCCl)c1Br. The van der Waals surface area contributed by atoms with Gasteiger partial charge >= 0.3 is 0 Å². The van der Waals surface area contributed by atoms with E-state index in [-0.39, 0.29) is 0 Å². The number of halogens is 2. The summed E-state index contributed by atoms with van der Waals surface area (Å²) in [7, 11) is 0. The molecule has 1 aromatic carbocycles. The fourth-order valence-electron chi connectivity index (χ4n) is 1.12. The molecule has 0 saturated carbocycles. The molecule has 3 heteroatoms. The maximum atomic E-state index is 8.76. The van der Waals surface area contributed by atoms with Gasteiger partial charge in [0.15, 0.2) is 0 Å². The van der Waals surface area contributed by atoms with Crippen LogP contribution in [0.25, 0.3) is 0 Å². The zero-order chi connectivity index (χ0) is 9.68. The Labute approximate surface area is 91.5 Å². The van der Waals surface area contributed by atoms with Crippen LogP contribution in [0.2, 0.25) is 0 Å². The van der Waals surface area contributed by atoms with Crippen molar-refractivity contribution in [3.63, 3.8) is 0 Å². The first-order chi connectivity index (χ1) is 6.29. The van der Waals surface area contributed by atoms with Crippen LogP contribution >= 0.6 is 27.5 Å². The van der Waals surface area contributed by atoms with Crippen molar-refractivity contribution in [2.24, 2.45) is 0 Å². The average molecular weight is 259 g/mol. The molecular weight excluding hydrogens is 249 g/mol. The molecule has 0 aromatic heterocycles. The van der Waals surface area contributed by atoms with Gasteiger partial charge in [-0.05, 0) is 40.4 Å². The van der Waals surface area contributed by atoms with Crippen LogP contribution in [0.3, 0.4) is 0 Å². The van der Waals surface area contributed by atoms with E-state index in [2.05, 4.69) is 22.0 Å². The van der Waals surface area contributed by atoms with E-state index in [1.54, 1.807) is 6.07 Å². The summed E-state index contributed by atoms with van der Waals surface area (Å²) in [4.78, 5) is 0. The van der Waals surface area contributed by atoms with Crippen LogP contribution in [0, 0.1) is 11.3 Å². The van der Waals surface area contributed by atoms with E-state index in [4.69, 9.17) is 16.9 Å². The lowest BCUT2D eigenvalue weighted by atomic mass is 10.1. The van der Waals surface area contributed by atoms with Crippen molar-refractivity contribution in [2.75, 3.05) is 5.88 Å². The summed E-state index contributed by atoms with van der Waals surface area (Å²) in [5, 5.41) is 8.76. The summed E-state index contributed by atoms with van der Waals surface area (Å²) in [6.07, 6.45) is 1.86. The highest BCUT2D eigenvalue weighted by atomic mass is 79.9. The molecule has 68 valence electrons. The molecule has 0 N–H and O–H groups in total. The van der Waals surface area contributed by atoms with Crippen molar-refractivity contribution in [3.8, 4) is 6.07 Å². The molecule has 0 atom stereocenters. The molecule has 0 heterocycles. The monoisotopic (exact) mass is 257 g/mol. The van der Waals surface area contributed by atoms with Crippen LogP contribution in [-0.4, -0.2) is 5.88 Å². The molecular formula is C10H9BrClN. The van der Waals surface area contributed by atoms with Crippen molar-refractivity contribution in [3.05, 3.63) is 33.8 Å². The summed E-state index contributed by atoms with van der Waals surface area (Å²) in [6, 6.07) is 7.84. The third-order valence-electron chi connectivity index (χ3n) is 1.78. The first-order valence-electron chi connectivity index (χ1n) is 4.03. The lowest BCUT2D eigenvalue weighted by molar-refractivity contribution is 0.923. The molecule has 0 fully saturated rings. The molecule has 0 spiro atoms. The first kappa shape index (κ1) is 10.6. The molecule has 1 rings (SSSR count). The van der Waals surface area contributed by atoms with Gasteiger partial charge in [0.25, 0.3) is 0 Å². The van der Waals surface area contributed by atoms with Crippen LogP contribution in [0.15, 0.2) is 22.7 Å². The van der Waals surface area contributed by atoms with E-state index in [1.165, 1.54) is 0 Å². The van der Waals surface area contributed by atoms with E-state index >= 15 is 0 Å². The van der Waals surface area contributed by atoms with Crippen molar-refractivity contribution >= 4 is 27.5 Å². The van der Waals surface area contributed by atoms with Gasteiger partial charge in [0.05, 0.1) is 5.56 Å². The molecule has 0 aliphatic rings. The maximum absolute atomic E-state index is 8.76. The molecule has 0 saturated heterocycles. The highest BCUT2D eigenvalue weighted by molar-refractivity contribution is 9.10. The minimum absolute atomic E-state index is 0.656. The van der Waals surface area contributed by atoms with Gasteiger partial charge in [0.2, 0.25) is 0 Å². The first-order valence-corrected chi connectivity index (χ1v) is 5.35. The highest BCUT2D eigenvalue weighted by Gasteiger charge is 2.03. The molecule has 0 radical (unpaired) electrons. The standard InChI is InChI=1S/C10H9BrClN/c11-10-8(5-2-6-12)3-1-4-9(10)7-13/h1,3-4H,2,5-6H2. The average Bonchev–Trinajstić information content (AvgIpc) is 2.16. The normalized spacial score (nSPS) is 9.62. The molecule has 0 unspecified atom stereocenters. The Bertz CT molecular complexity index is 330. The quantitative estimate of drug-likeness (QED) is 0.761. The molecule has 13 heavy (non-hydrogen) atoms. The maximum Gasteiger partial charge on any atom is 0.100 e. The van der Waals surface area contributed by atoms with Gasteiger partial charge < -0.3 is 0 Å². The van der Waals surface area contributed by atoms with Gasteiger partial charge in [0, 0.05) is 10.4 Å². The Morgan fingerprint density at radius 3 is 2.85 bits per heavy atom. The lowest BCUT2D eigenvalue weighted by Gasteiger charge is -2.03. The van der Waals surface area contributed by atoms with Crippen molar-refractivity contribution < 1.29 is 0 Å². The number of alkyl halides is 1. The number of aryl methyl sites for hydroxylation is 1. The number of nitriles is 1. The van der Waals surface area contributed by atoms with E-state index in [0.29, 0.717) is 11.4 Å². The van der Waals surface area contributed by atoms with Crippen molar-refractivity contribution in [2.45, 2.75) is 12.8 Å². The third kappa shape index (κ3) is 2.72. The summed E-state index contributed by atoms with van der Waals surface area (Å²) in [6.45, 7) is 0. The molecule has 1 nitrogen and oxygen atoms in total. The fourth-order valence-corrected chi connectivity index (χ4v) is 1.80. The van der Waals surface area contributed by atoms with E-state index in [9.17, 15) is 0 Å². The van der Waals surface area contributed by atoms with Gasteiger partial charge in [0.1, 0.15) is 6.07 Å². The Hall–Kier alpha value is -0.520. The Kier molecular flexibility index (Phi) is 4.27. The molecule has 0 bridgehead atoms. The highest BCUT2D eigenvalue weighted by Crippen LogP contribution is 2.22. The third-order valence-corrected chi connectivity index (χ3v) is 2.98. The number of benzene rings is 1. The van der Waals surface area contributed by atoms with Crippen LogP contribution in [0.4, 0.5) is 0 Å². The smallest absolute Gasteiger partial charge is 0.100 e. The molecule has 1 aromatic rings. The summed E-state index contributed by atoms with van der Waals surface area (Å²) < 4.78 is 0.905. The van der Waals surface area contributed by atoms with Gasteiger partial charge in [-0.3, -0.25) is 0 Å². The molecule has 0 aliphatic carbocycles. The zero-order valence-corrected chi connectivity index (χ0v) is 9.40. The summed E-state index contributed by atoms with van der Waals surface area (Å²) in [5.41, 5.74) is 1.84. The second-order valence-corrected chi connectivity index (χ2v) is 3.85. The molecule has 0 amide bonds. The van der Waals surface area contributed by atoms with E-state index in [1.807, 2.05) is 12.1 Å². The Morgan fingerprint density at radius 2 is 2.23 bits per heavy atom. The zero-order valence-electron chi connectivity index (χ0n) is 7.06. The van der Waals surface area contributed by atoms with Crippen LogP contribution < -0.4 is 0 Å². The van der Waals surface area contributed by atoms with Crippen LogP contribution in [0.1, 0.15) is 17.5 Å². The summed E-state index contributed by atoms with van der Waals surface area (Å²) in [5.74, 6) is 0.656. The van der Waals surface area contributed by atoms with Crippen molar-refractivity contribution in [1.29, 1.82) is 5.26 Å². The Balaban J connectivity index is 2.90. The lowest BCUT2D eigenvalue weighted by Crippen LogP contribution is -1.90. The number of hydrogen-bond acceptors (Lipinski definition) is 1. The predicted molar refractivity (Wildman–Crippen MR) is 57.9 cm³/mol. The second-order valence-electron chi connectivity index (χ2n) is 2.68. The van der Waals surface area contributed by atoms with Crippen molar-refractivity contribution in [1.82, 2.24) is 0 Å². The van der Waals surface area contributed by atoms with Gasteiger partial charge in [-0.2, -0.15) is 5.26 Å². The molecule has 0 aliphatic heterocycles.